The van der Waals surface area contributed by atoms with E-state index in [1.165, 1.54) is 0 Å². The van der Waals surface area contributed by atoms with Crippen LogP contribution in [0.2, 0.25) is 5.02 Å². The molecule has 0 atom stereocenters. The fraction of sp³-hybridized carbons (Fsp3) is 0.143. The second-order valence-corrected chi connectivity index (χ2v) is 6.24. The first-order chi connectivity index (χ1) is 12.6. The van der Waals surface area contributed by atoms with E-state index >= 15 is 0 Å². The third kappa shape index (κ3) is 5.07. The number of hydrogen-bond acceptors (Lipinski definition) is 4. The Morgan fingerprint density at radius 3 is 2.81 bits per heavy atom. The largest absolute Gasteiger partial charge is 0.550 e. The van der Waals surface area contributed by atoms with Crippen LogP contribution in [0, 0.1) is 0 Å². The van der Waals surface area contributed by atoms with E-state index in [1.54, 1.807) is 0 Å². The topological polar surface area (TPSA) is 62.2 Å². The minimum Gasteiger partial charge on any atom is -0.550 e. The molecule has 0 saturated carbocycles. The third-order valence-electron chi connectivity index (χ3n) is 3.77. The first-order valence-corrected chi connectivity index (χ1v) is 8.65. The number of carbonyl (C=O) groups is 1. The van der Waals surface area contributed by atoms with Gasteiger partial charge in [-0.15, -0.1) is 0 Å². The Morgan fingerprint density at radius 2 is 1.96 bits per heavy atom. The zero-order valence-corrected chi connectivity index (χ0v) is 14.8. The number of fused-ring (bicyclic) bond motifs is 1. The van der Waals surface area contributed by atoms with Gasteiger partial charge in [0.1, 0.15) is 5.75 Å². The van der Waals surface area contributed by atoms with Crippen LogP contribution < -0.4 is 9.84 Å². The number of halogens is 1. The van der Waals surface area contributed by atoms with E-state index in [2.05, 4.69) is 4.98 Å². The van der Waals surface area contributed by atoms with Gasteiger partial charge in [-0.2, -0.15) is 0 Å². The van der Waals surface area contributed by atoms with Crippen molar-refractivity contribution in [3.05, 3.63) is 70.9 Å². The average molecular weight is 367 g/mol. The van der Waals surface area contributed by atoms with Gasteiger partial charge < -0.3 is 14.6 Å². The Kier molecular flexibility index (Phi) is 5.87. The molecule has 5 heteroatoms. The smallest absolute Gasteiger partial charge is 0.119 e. The molecule has 0 aliphatic rings. The van der Waals surface area contributed by atoms with Crippen molar-refractivity contribution in [1.29, 1.82) is 0 Å². The molecule has 0 saturated heterocycles. The molecule has 26 heavy (non-hydrogen) atoms. The molecule has 132 valence electrons. The summed E-state index contributed by atoms with van der Waals surface area (Å²) in [7, 11) is 0. The highest BCUT2D eigenvalue weighted by Crippen LogP contribution is 2.20. The highest BCUT2D eigenvalue weighted by Gasteiger charge is 1.99. The minimum absolute atomic E-state index is 0.00274. The molecule has 0 unspecified atom stereocenters. The number of aromatic nitrogens is 1. The molecule has 0 fully saturated rings. The molecule has 2 aromatic carbocycles. The van der Waals surface area contributed by atoms with Gasteiger partial charge in [0.2, 0.25) is 0 Å². The number of benzene rings is 2. The number of carboxylic acids is 1. The van der Waals surface area contributed by atoms with Crippen molar-refractivity contribution in [1.82, 2.24) is 4.98 Å². The summed E-state index contributed by atoms with van der Waals surface area (Å²) in [6.07, 6.45) is 4.30. The average Bonchev–Trinajstić information content (AvgIpc) is 2.63. The predicted molar refractivity (Wildman–Crippen MR) is 102 cm³/mol. The van der Waals surface area contributed by atoms with E-state index in [4.69, 9.17) is 16.3 Å². The summed E-state index contributed by atoms with van der Waals surface area (Å²) in [5.74, 6) is -0.363. The Morgan fingerprint density at radius 1 is 1.12 bits per heavy atom. The van der Waals surface area contributed by atoms with Gasteiger partial charge in [0, 0.05) is 16.4 Å². The number of aliphatic carboxylic acids is 1. The first kappa shape index (κ1) is 18.0. The van der Waals surface area contributed by atoms with E-state index in [1.807, 2.05) is 66.7 Å². The predicted octanol–water partition coefficient (Wildman–Crippen LogP) is 3.97. The van der Waals surface area contributed by atoms with Gasteiger partial charge >= 0.3 is 0 Å². The van der Waals surface area contributed by atoms with Crippen molar-refractivity contribution >= 4 is 40.6 Å². The summed E-state index contributed by atoms with van der Waals surface area (Å²) in [4.78, 5) is 15.0. The molecule has 0 amide bonds. The molecule has 1 aromatic heterocycles. The standard InChI is InChI=1S/C21H18ClNO3/c22-17-9-7-16-8-11-18(23-20(16)14-17)10-6-15-3-1-4-19(13-15)26-12-2-5-21(24)25/h1,3-4,6-11,13-14H,2,5,12H2,(H,24,25)/p-1. The fourth-order valence-corrected chi connectivity index (χ4v) is 2.66. The van der Waals surface area contributed by atoms with Gasteiger partial charge in [0.05, 0.1) is 17.8 Å². The molecule has 4 nitrogen and oxygen atoms in total. The van der Waals surface area contributed by atoms with Gasteiger partial charge in [-0.1, -0.05) is 41.9 Å². The van der Waals surface area contributed by atoms with Gasteiger partial charge in [-0.25, -0.2) is 4.98 Å². The van der Waals surface area contributed by atoms with Crippen molar-refractivity contribution in [2.24, 2.45) is 0 Å². The summed E-state index contributed by atoms with van der Waals surface area (Å²) < 4.78 is 5.56. The maximum Gasteiger partial charge on any atom is 0.119 e. The van der Waals surface area contributed by atoms with Crippen molar-refractivity contribution in [2.75, 3.05) is 6.61 Å². The summed E-state index contributed by atoms with van der Waals surface area (Å²) in [5.41, 5.74) is 2.65. The van der Waals surface area contributed by atoms with E-state index in [0.29, 0.717) is 23.8 Å². The highest BCUT2D eigenvalue weighted by molar-refractivity contribution is 6.31. The SMILES string of the molecule is O=C([O-])CCCOc1cccc(C=Cc2ccc3ccc(Cl)cc3n2)c1. The molecule has 0 aliphatic heterocycles. The zero-order valence-electron chi connectivity index (χ0n) is 14.0. The quantitative estimate of drug-likeness (QED) is 0.593. The molecule has 0 spiro atoms. The summed E-state index contributed by atoms with van der Waals surface area (Å²) in [6.45, 7) is 0.341. The van der Waals surface area contributed by atoms with Crippen LogP contribution in [0.1, 0.15) is 24.1 Å². The Hall–Kier alpha value is -2.85. The summed E-state index contributed by atoms with van der Waals surface area (Å²) in [6, 6.07) is 17.2. The first-order valence-electron chi connectivity index (χ1n) is 8.27. The van der Waals surface area contributed by atoms with Crippen molar-refractivity contribution < 1.29 is 14.6 Å². The van der Waals surface area contributed by atoms with Crippen LogP contribution >= 0.6 is 11.6 Å². The van der Waals surface area contributed by atoms with Crippen molar-refractivity contribution in [3.63, 3.8) is 0 Å². The van der Waals surface area contributed by atoms with E-state index in [0.717, 1.165) is 22.2 Å². The molecule has 0 radical (unpaired) electrons. The van der Waals surface area contributed by atoms with Crippen molar-refractivity contribution in [2.45, 2.75) is 12.8 Å². The van der Waals surface area contributed by atoms with E-state index < -0.39 is 5.97 Å². The number of pyridine rings is 1. The van der Waals surface area contributed by atoms with Gasteiger partial charge in [-0.05, 0) is 54.8 Å². The van der Waals surface area contributed by atoms with Gasteiger partial charge in [0.25, 0.3) is 0 Å². The number of hydrogen-bond donors (Lipinski definition) is 0. The van der Waals surface area contributed by atoms with Gasteiger partial charge in [0.15, 0.2) is 0 Å². The van der Waals surface area contributed by atoms with Crippen LogP contribution in [0.4, 0.5) is 0 Å². The number of rotatable bonds is 7. The molecule has 0 N–H and O–H groups in total. The monoisotopic (exact) mass is 366 g/mol. The maximum absolute atomic E-state index is 10.4. The van der Waals surface area contributed by atoms with Crippen LogP contribution in [0.15, 0.2) is 54.6 Å². The number of carboxylic acid groups (broad SMARTS) is 1. The fourth-order valence-electron chi connectivity index (χ4n) is 2.50. The molecular formula is C21H17ClNO3-. The van der Waals surface area contributed by atoms with Crippen LogP contribution in [-0.4, -0.2) is 17.6 Å². The normalized spacial score (nSPS) is 11.1. The van der Waals surface area contributed by atoms with Crippen LogP contribution in [0.5, 0.6) is 5.75 Å². The highest BCUT2D eigenvalue weighted by atomic mass is 35.5. The summed E-state index contributed by atoms with van der Waals surface area (Å²) >= 11 is 6.02. The second kappa shape index (κ2) is 8.50. The zero-order chi connectivity index (χ0) is 18.4. The third-order valence-corrected chi connectivity index (χ3v) is 4.01. The molecule has 0 bridgehead atoms. The number of ether oxygens (including phenoxy) is 1. The lowest BCUT2D eigenvalue weighted by Crippen LogP contribution is -2.22. The van der Waals surface area contributed by atoms with Crippen LogP contribution in [0.25, 0.3) is 23.1 Å². The van der Waals surface area contributed by atoms with Crippen molar-refractivity contribution in [3.8, 4) is 5.75 Å². The molecule has 0 aliphatic carbocycles. The Bertz CT molecular complexity index is 953. The Labute approximate surface area is 156 Å². The number of nitrogens with zero attached hydrogens (tertiary/aromatic N) is 1. The minimum atomic E-state index is -1.06. The Balaban J connectivity index is 1.68. The van der Waals surface area contributed by atoms with Gasteiger partial charge in [-0.3, -0.25) is 0 Å². The number of carbonyl (C=O) groups excluding carboxylic acids is 1. The second-order valence-electron chi connectivity index (χ2n) is 5.80. The lowest BCUT2D eigenvalue weighted by atomic mass is 10.1. The van der Waals surface area contributed by atoms with E-state index in [-0.39, 0.29) is 6.42 Å². The van der Waals surface area contributed by atoms with E-state index in [9.17, 15) is 9.90 Å². The van der Waals surface area contributed by atoms with Crippen LogP contribution in [0.3, 0.4) is 0 Å². The summed E-state index contributed by atoms with van der Waals surface area (Å²) in [5, 5.41) is 12.1. The lowest BCUT2D eigenvalue weighted by Gasteiger charge is -2.07. The van der Waals surface area contributed by atoms with Crippen LogP contribution in [-0.2, 0) is 4.79 Å². The molecule has 1 heterocycles. The maximum atomic E-state index is 10.4. The lowest BCUT2D eigenvalue weighted by molar-refractivity contribution is -0.305. The molecular weight excluding hydrogens is 350 g/mol. The molecule has 3 aromatic rings. The molecule has 3 rings (SSSR count).